The van der Waals surface area contributed by atoms with Crippen molar-refractivity contribution < 1.29 is 0 Å². The monoisotopic (exact) mass is 472 g/mol. The molecule has 37 heavy (non-hydrogen) atoms. The summed E-state index contributed by atoms with van der Waals surface area (Å²) in [7, 11) is 0. The highest BCUT2D eigenvalue weighted by molar-refractivity contribution is 6.15. The first-order valence-electron chi connectivity index (χ1n) is 12.6. The molecule has 1 aliphatic carbocycles. The highest BCUT2D eigenvalue weighted by Crippen LogP contribution is 2.44. The van der Waals surface area contributed by atoms with Gasteiger partial charge in [0.15, 0.2) is 0 Å². The molecule has 0 N–H and O–H groups in total. The number of nitrogens with zero attached hydrogens (tertiary/aromatic N) is 4. The van der Waals surface area contributed by atoms with Crippen LogP contribution >= 0.6 is 0 Å². The largest absolute Gasteiger partial charge is 0.309 e. The van der Waals surface area contributed by atoms with Crippen molar-refractivity contribution in [3.8, 4) is 16.8 Å². The van der Waals surface area contributed by atoms with Crippen molar-refractivity contribution >= 4 is 49.1 Å². The van der Waals surface area contributed by atoms with Gasteiger partial charge in [0, 0.05) is 52.0 Å². The molecule has 0 aliphatic heterocycles. The fourth-order valence-electron chi connectivity index (χ4n) is 6.47. The minimum Gasteiger partial charge on any atom is -0.309 e. The first-order valence-corrected chi connectivity index (χ1v) is 12.6. The van der Waals surface area contributed by atoms with Gasteiger partial charge in [0.2, 0.25) is 0 Å². The van der Waals surface area contributed by atoms with Crippen LogP contribution < -0.4 is 0 Å². The van der Waals surface area contributed by atoms with E-state index in [1.807, 2.05) is 24.8 Å². The summed E-state index contributed by atoms with van der Waals surface area (Å²) in [5.41, 5.74) is 11.2. The molecule has 4 nitrogen and oxygen atoms in total. The Labute approximate surface area is 212 Å². The average molecular weight is 473 g/mol. The number of imidazole rings is 1. The van der Waals surface area contributed by atoms with E-state index in [1.54, 1.807) is 0 Å². The zero-order valence-corrected chi connectivity index (χ0v) is 19.9. The minimum absolute atomic E-state index is 0.921. The van der Waals surface area contributed by atoms with Gasteiger partial charge in [-0.1, -0.05) is 36.4 Å². The molecule has 0 bridgehead atoms. The van der Waals surface area contributed by atoms with Gasteiger partial charge >= 0.3 is 0 Å². The Morgan fingerprint density at radius 2 is 1.41 bits per heavy atom. The molecule has 0 saturated carbocycles. The van der Waals surface area contributed by atoms with Crippen LogP contribution in [0.3, 0.4) is 0 Å². The van der Waals surface area contributed by atoms with E-state index in [0.717, 1.165) is 23.0 Å². The molecule has 1 aliphatic rings. The smallest absolute Gasteiger partial charge is 0.145 e. The Morgan fingerprint density at radius 1 is 0.595 bits per heavy atom. The lowest BCUT2D eigenvalue weighted by atomic mass is 9.98. The molecular weight excluding hydrogens is 452 g/mol. The van der Waals surface area contributed by atoms with Gasteiger partial charge in [0.05, 0.1) is 16.6 Å². The van der Waals surface area contributed by atoms with Crippen molar-refractivity contribution in [1.82, 2.24) is 18.9 Å². The average Bonchev–Trinajstić information content (AvgIpc) is 3.65. The van der Waals surface area contributed by atoms with E-state index < -0.39 is 0 Å². The fourth-order valence-corrected chi connectivity index (χ4v) is 6.47. The van der Waals surface area contributed by atoms with E-state index in [0.29, 0.717) is 0 Å². The van der Waals surface area contributed by atoms with Gasteiger partial charge in [-0.2, -0.15) is 0 Å². The van der Waals surface area contributed by atoms with Crippen molar-refractivity contribution in [2.24, 2.45) is 0 Å². The van der Waals surface area contributed by atoms with Crippen LogP contribution in [0, 0.1) is 0 Å². The van der Waals surface area contributed by atoms with E-state index in [2.05, 4.69) is 98.9 Å². The quantitative estimate of drug-likeness (QED) is 0.229. The molecule has 4 heterocycles. The predicted octanol–water partition coefficient (Wildman–Crippen LogP) is 7.70. The van der Waals surface area contributed by atoms with E-state index >= 15 is 0 Å². The molecule has 9 rings (SSSR count). The van der Waals surface area contributed by atoms with Crippen LogP contribution in [-0.4, -0.2) is 18.9 Å². The molecule has 0 spiro atoms. The van der Waals surface area contributed by atoms with Crippen LogP contribution in [0.4, 0.5) is 0 Å². The van der Waals surface area contributed by atoms with Crippen LogP contribution in [0.1, 0.15) is 11.1 Å². The summed E-state index contributed by atoms with van der Waals surface area (Å²) in [5, 5.41) is 6.12. The molecule has 0 radical (unpaired) electrons. The summed E-state index contributed by atoms with van der Waals surface area (Å²) in [4.78, 5) is 9.19. The van der Waals surface area contributed by atoms with Gasteiger partial charge in [0.25, 0.3) is 0 Å². The van der Waals surface area contributed by atoms with Crippen molar-refractivity contribution in [3.63, 3.8) is 0 Å². The summed E-state index contributed by atoms with van der Waals surface area (Å²) in [6.45, 7) is 0. The van der Waals surface area contributed by atoms with E-state index in [4.69, 9.17) is 4.98 Å². The Bertz CT molecular complexity index is 2220. The normalized spacial score (nSPS) is 12.8. The number of benzene rings is 4. The summed E-state index contributed by atoms with van der Waals surface area (Å²) >= 11 is 0. The lowest BCUT2D eigenvalue weighted by molar-refractivity contribution is 1.17. The van der Waals surface area contributed by atoms with E-state index in [9.17, 15) is 0 Å². The van der Waals surface area contributed by atoms with Gasteiger partial charge in [-0.05, 0) is 82.6 Å². The topological polar surface area (TPSA) is 35.1 Å². The van der Waals surface area contributed by atoms with E-state index in [-0.39, 0.29) is 0 Å². The van der Waals surface area contributed by atoms with Crippen LogP contribution in [0.2, 0.25) is 0 Å². The lowest BCUT2D eigenvalue weighted by Crippen LogP contribution is -1.93. The standard InChI is InChI=1S/C33H20N4/c1-2-6-22(7-3-1)37-31-9-5-4-8-23(31)27-18-25-21(16-32(27)37)14-20-15-28-26(17-24(20)25)29-19-34-11-10-30(29)36-13-12-35-33(28)36/h1-13,15-19H,14H2. The van der Waals surface area contributed by atoms with Crippen LogP contribution in [0.5, 0.6) is 0 Å². The third-order valence-electron chi connectivity index (χ3n) is 8.06. The second-order valence-electron chi connectivity index (χ2n) is 9.96. The Kier molecular flexibility index (Phi) is 3.55. The number of pyridine rings is 2. The number of hydrogen-bond acceptors (Lipinski definition) is 2. The van der Waals surface area contributed by atoms with Gasteiger partial charge in [-0.25, -0.2) is 4.98 Å². The third kappa shape index (κ3) is 2.47. The minimum atomic E-state index is 0.921. The van der Waals surface area contributed by atoms with Gasteiger partial charge in [0.1, 0.15) is 5.65 Å². The number of para-hydroxylation sites is 2. The van der Waals surface area contributed by atoms with Crippen molar-refractivity contribution in [1.29, 1.82) is 0 Å². The zero-order chi connectivity index (χ0) is 24.1. The van der Waals surface area contributed by atoms with Crippen molar-refractivity contribution in [3.05, 3.63) is 121 Å². The van der Waals surface area contributed by atoms with Crippen molar-refractivity contribution in [2.45, 2.75) is 6.42 Å². The molecule has 0 fully saturated rings. The molecule has 4 aromatic carbocycles. The Balaban J connectivity index is 1.38. The van der Waals surface area contributed by atoms with Gasteiger partial charge in [-0.15, -0.1) is 0 Å². The van der Waals surface area contributed by atoms with Crippen molar-refractivity contribution in [2.75, 3.05) is 0 Å². The first-order chi connectivity index (χ1) is 18.3. The SMILES string of the molecule is c1ccc(-n2c3ccccc3c3cc4c(cc32)Cc2cc3c(cc2-4)c2cnccc2n2ccnc32)cc1. The number of aromatic nitrogens is 4. The van der Waals surface area contributed by atoms with Gasteiger partial charge < -0.3 is 4.57 Å². The summed E-state index contributed by atoms with van der Waals surface area (Å²) in [5.74, 6) is 0. The molecule has 0 saturated heterocycles. The zero-order valence-electron chi connectivity index (χ0n) is 19.9. The molecule has 0 amide bonds. The van der Waals surface area contributed by atoms with Crippen LogP contribution in [0.25, 0.3) is 65.9 Å². The van der Waals surface area contributed by atoms with Gasteiger partial charge in [-0.3, -0.25) is 9.38 Å². The fraction of sp³-hybridized carbons (Fsp3) is 0.0303. The first kappa shape index (κ1) is 19.3. The number of rotatable bonds is 1. The van der Waals surface area contributed by atoms with Crippen LogP contribution in [0.15, 0.2) is 110 Å². The second-order valence-corrected chi connectivity index (χ2v) is 9.96. The molecule has 0 atom stereocenters. The number of hydrogen-bond donors (Lipinski definition) is 0. The maximum Gasteiger partial charge on any atom is 0.145 e. The molecule has 172 valence electrons. The Morgan fingerprint density at radius 3 is 2.32 bits per heavy atom. The summed E-state index contributed by atoms with van der Waals surface area (Å²) in [6.07, 6.45) is 8.69. The second kappa shape index (κ2) is 6.83. The number of fused-ring (bicyclic) bond motifs is 12. The Hall–Kier alpha value is -4.96. The van der Waals surface area contributed by atoms with E-state index in [1.165, 1.54) is 60.5 Å². The molecule has 8 aromatic rings. The highest BCUT2D eigenvalue weighted by Gasteiger charge is 2.24. The molecule has 4 aromatic heterocycles. The molecular formula is C33H20N4. The maximum absolute atomic E-state index is 4.73. The lowest BCUT2D eigenvalue weighted by Gasteiger charge is -2.11. The van der Waals surface area contributed by atoms with Crippen LogP contribution in [-0.2, 0) is 6.42 Å². The molecule has 4 heteroatoms. The highest BCUT2D eigenvalue weighted by atomic mass is 15.0. The maximum atomic E-state index is 4.73. The molecule has 0 unspecified atom stereocenters. The summed E-state index contributed by atoms with van der Waals surface area (Å²) < 4.78 is 4.58. The summed E-state index contributed by atoms with van der Waals surface area (Å²) in [6, 6.07) is 31.0. The third-order valence-corrected chi connectivity index (χ3v) is 8.06. The predicted molar refractivity (Wildman–Crippen MR) is 151 cm³/mol.